The van der Waals surface area contributed by atoms with Crippen LogP contribution in [0.15, 0.2) is 0 Å². The Labute approximate surface area is 79.4 Å². The predicted octanol–water partition coefficient (Wildman–Crippen LogP) is 1.41. The Morgan fingerprint density at radius 3 is 2.62 bits per heavy atom. The highest BCUT2D eigenvalue weighted by molar-refractivity contribution is 5.62. The van der Waals surface area contributed by atoms with E-state index in [0.29, 0.717) is 13.2 Å². The van der Waals surface area contributed by atoms with E-state index >= 15 is 0 Å². The van der Waals surface area contributed by atoms with Crippen molar-refractivity contribution in [2.75, 3.05) is 20.3 Å². The normalized spacial score (nSPS) is 31.9. The van der Waals surface area contributed by atoms with Gasteiger partial charge in [0.25, 0.3) is 0 Å². The van der Waals surface area contributed by atoms with Gasteiger partial charge in [0.05, 0.1) is 11.0 Å². The van der Waals surface area contributed by atoms with Crippen LogP contribution in [0, 0.1) is 5.41 Å². The van der Waals surface area contributed by atoms with Crippen molar-refractivity contribution in [1.29, 1.82) is 0 Å². The van der Waals surface area contributed by atoms with Gasteiger partial charge in [0.1, 0.15) is 6.29 Å². The lowest BCUT2D eigenvalue weighted by Crippen LogP contribution is -2.42. The second kappa shape index (κ2) is 3.76. The van der Waals surface area contributed by atoms with Gasteiger partial charge in [0, 0.05) is 20.3 Å². The lowest BCUT2D eigenvalue weighted by atomic mass is 9.72. The van der Waals surface area contributed by atoms with Gasteiger partial charge in [-0.05, 0) is 26.7 Å². The largest absolute Gasteiger partial charge is 0.385 e. The van der Waals surface area contributed by atoms with Crippen molar-refractivity contribution in [3.8, 4) is 0 Å². The fourth-order valence-corrected chi connectivity index (χ4v) is 1.90. The number of ether oxygens (including phenoxy) is 2. The molecule has 0 saturated carbocycles. The van der Waals surface area contributed by atoms with E-state index < -0.39 is 0 Å². The Morgan fingerprint density at radius 1 is 1.54 bits per heavy atom. The first-order chi connectivity index (χ1) is 6.08. The van der Waals surface area contributed by atoms with Gasteiger partial charge in [-0.15, -0.1) is 0 Å². The molecule has 1 saturated heterocycles. The molecule has 0 aromatic rings. The molecule has 0 radical (unpaired) electrons. The number of aldehydes is 1. The van der Waals surface area contributed by atoms with Crippen LogP contribution in [-0.4, -0.2) is 32.2 Å². The molecule has 3 nitrogen and oxygen atoms in total. The zero-order chi connectivity index (χ0) is 9.95. The molecule has 0 amide bonds. The standard InChI is InChI=1S/C10H18O3/c1-9(2)10(8-11,4-6-12-3)5-7-13-9/h8H,4-7H2,1-3H3. The van der Waals surface area contributed by atoms with Crippen LogP contribution in [0.5, 0.6) is 0 Å². The summed E-state index contributed by atoms with van der Waals surface area (Å²) in [6, 6.07) is 0. The Bertz CT molecular complexity index is 189. The molecule has 0 bridgehead atoms. The molecule has 3 heteroatoms. The zero-order valence-electron chi connectivity index (χ0n) is 8.63. The van der Waals surface area contributed by atoms with Crippen LogP contribution >= 0.6 is 0 Å². The van der Waals surface area contributed by atoms with Gasteiger partial charge in [0.2, 0.25) is 0 Å². The molecule has 0 spiro atoms. The van der Waals surface area contributed by atoms with Crippen LogP contribution in [0.4, 0.5) is 0 Å². The zero-order valence-corrected chi connectivity index (χ0v) is 8.63. The minimum absolute atomic E-state index is 0.340. The van der Waals surface area contributed by atoms with Gasteiger partial charge in [-0.3, -0.25) is 0 Å². The molecule has 0 aliphatic carbocycles. The number of hydrogen-bond donors (Lipinski definition) is 0. The summed E-state index contributed by atoms with van der Waals surface area (Å²) >= 11 is 0. The van der Waals surface area contributed by atoms with E-state index in [4.69, 9.17) is 9.47 Å². The van der Waals surface area contributed by atoms with Crippen molar-refractivity contribution >= 4 is 6.29 Å². The first-order valence-corrected chi connectivity index (χ1v) is 4.67. The molecule has 1 atom stereocenters. The molecule has 0 aromatic carbocycles. The molecule has 13 heavy (non-hydrogen) atoms. The van der Waals surface area contributed by atoms with Gasteiger partial charge >= 0.3 is 0 Å². The maximum atomic E-state index is 11.1. The Hall–Kier alpha value is -0.410. The van der Waals surface area contributed by atoms with E-state index in [1.54, 1.807) is 7.11 Å². The average Bonchev–Trinajstić information content (AvgIpc) is 2.38. The predicted molar refractivity (Wildman–Crippen MR) is 49.6 cm³/mol. The fourth-order valence-electron chi connectivity index (χ4n) is 1.90. The molecule has 1 rings (SSSR count). The molecule has 0 aromatic heterocycles. The Balaban J connectivity index is 2.73. The van der Waals surface area contributed by atoms with Crippen molar-refractivity contribution in [3.05, 3.63) is 0 Å². The van der Waals surface area contributed by atoms with Crippen molar-refractivity contribution in [2.24, 2.45) is 5.41 Å². The van der Waals surface area contributed by atoms with E-state index in [-0.39, 0.29) is 11.0 Å². The van der Waals surface area contributed by atoms with E-state index in [0.717, 1.165) is 19.1 Å². The van der Waals surface area contributed by atoms with Gasteiger partial charge in [0.15, 0.2) is 0 Å². The van der Waals surface area contributed by atoms with Crippen LogP contribution in [0.25, 0.3) is 0 Å². The van der Waals surface area contributed by atoms with Crippen molar-refractivity contribution in [3.63, 3.8) is 0 Å². The van der Waals surface area contributed by atoms with E-state index in [2.05, 4.69) is 0 Å². The third kappa shape index (κ3) is 1.76. The van der Waals surface area contributed by atoms with E-state index in [9.17, 15) is 4.79 Å². The van der Waals surface area contributed by atoms with Crippen LogP contribution in [0.3, 0.4) is 0 Å². The molecule has 1 aliphatic heterocycles. The molecule has 1 aliphatic rings. The lowest BCUT2D eigenvalue weighted by molar-refractivity contribution is -0.126. The quantitative estimate of drug-likeness (QED) is 0.623. The first-order valence-electron chi connectivity index (χ1n) is 4.67. The molecular formula is C10H18O3. The highest BCUT2D eigenvalue weighted by atomic mass is 16.5. The van der Waals surface area contributed by atoms with E-state index in [1.165, 1.54) is 0 Å². The summed E-state index contributed by atoms with van der Waals surface area (Å²) in [6.07, 6.45) is 2.60. The van der Waals surface area contributed by atoms with Gasteiger partial charge in [-0.1, -0.05) is 0 Å². The fraction of sp³-hybridized carbons (Fsp3) is 0.900. The monoisotopic (exact) mass is 186 g/mol. The summed E-state index contributed by atoms with van der Waals surface area (Å²) < 4.78 is 10.6. The molecule has 0 N–H and O–H groups in total. The van der Waals surface area contributed by atoms with Crippen molar-refractivity contribution in [1.82, 2.24) is 0 Å². The summed E-state index contributed by atoms with van der Waals surface area (Å²) in [4.78, 5) is 11.1. The van der Waals surface area contributed by atoms with Gasteiger partial charge in [-0.2, -0.15) is 0 Å². The summed E-state index contributed by atoms with van der Waals surface area (Å²) in [6.45, 7) is 5.25. The van der Waals surface area contributed by atoms with Crippen LogP contribution in [-0.2, 0) is 14.3 Å². The minimum Gasteiger partial charge on any atom is -0.385 e. The molecule has 76 valence electrons. The molecular weight excluding hydrogens is 168 g/mol. The maximum Gasteiger partial charge on any atom is 0.129 e. The van der Waals surface area contributed by atoms with Gasteiger partial charge < -0.3 is 14.3 Å². The highest BCUT2D eigenvalue weighted by Crippen LogP contribution is 2.44. The van der Waals surface area contributed by atoms with Crippen LogP contribution < -0.4 is 0 Å². The van der Waals surface area contributed by atoms with Gasteiger partial charge in [-0.25, -0.2) is 0 Å². The molecule has 1 unspecified atom stereocenters. The van der Waals surface area contributed by atoms with E-state index in [1.807, 2.05) is 13.8 Å². The number of hydrogen-bond acceptors (Lipinski definition) is 3. The Kier molecular flexibility index (Phi) is 3.09. The topological polar surface area (TPSA) is 35.5 Å². The summed E-state index contributed by atoms with van der Waals surface area (Å²) in [5, 5.41) is 0. The van der Waals surface area contributed by atoms with Crippen LogP contribution in [0.2, 0.25) is 0 Å². The first kappa shape index (κ1) is 10.7. The maximum absolute atomic E-state index is 11.1. The summed E-state index contributed by atoms with van der Waals surface area (Å²) in [5.74, 6) is 0. The Morgan fingerprint density at radius 2 is 2.23 bits per heavy atom. The van der Waals surface area contributed by atoms with Crippen molar-refractivity contribution in [2.45, 2.75) is 32.3 Å². The molecule has 1 fully saturated rings. The minimum atomic E-state index is -0.344. The summed E-state index contributed by atoms with van der Waals surface area (Å²) in [5.41, 5.74) is -0.684. The highest BCUT2D eigenvalue weighted by Gasteiger charge is 2.49. The summed E-state index contributed by atoms with van der Waals surface area (Å²) in [7, 11) is 1.65. The number of carbonyl (C=O) groups excluding carboxylic acids is 1. The third-order valence-electron chi connectivity index (χ3n) is 3.19. The third-order valence-corrected chi connectivity index (χ3v) is 3.19. The number of rotatable bonds is 4. The van der Waals surface area contributed by atoms with Crippen LogP contribution in [0.1, 0.15) is 26.7 Å². The van der Waals surface area contributed by atoms with Crippen molar-refractivity contribution < 1.29 is 14.3 Å². The second-order valence-corrected chi connectivity index (χ2v) is 4.13. The smallest absolute Gasteiger partial charge is 0.129 e. The number of methoxy groups -OCH3 is 1. The number of carbonyl (C=O) groups is 1. The molecule has 1 heterocycles. The SMILES string of the molecule is COCCC1(C=O)CCOC1(C)C. The lowest BCUT2D eigenvalue weighted by Gasteiger charge is -2.34. The second-order valence-electron chi connectivity index (χ2n) is 4.13. The average molecular weight is 186 g/mol.